The molecule has 1 aromatic carbocycles. The molecular formula is C10H10BrNO2S. The number of anilines is 1. The smallest absolute Gasteiger partial charge is 0.354 e. The van der Waals surface area contributed by atoms with Crippen molar-refractivity contribution in [3.8, 4) is 0 Å². The molecule has 0 radical (unpaired) electrons. The highest BCUT2D eigenvalue weighted by atomic mass is 79.9. The van der Waals surface area contributed by atoms with Crippen molar-refractivity contribution in [2.45, 2.75) is 15.6 Å². The average Bonchev–Trinajstić information content (AvgIpc) is 2.56. The van der Waals surface area contributed by atoms with Gasteiger partial charge in [0.2, 0.25) is 3.78 Å². The van der Waals surface area contributed by atoms with Crippen LogP contribution in [0.5, 0.6) is 0 Å². The molecule has 5 heteroatoms. The lowest BCUT2D eigenvalue weighted by Gasteiger charge is -2.18. The molecule has 2 rings (SSSR count). The third-order valence-corrected chi connectivity index (χ3v) is 4.10. The van der Waals surface area contributed by atoms with E-state index in [0.29, 0.717) is 6.61 Å². The second-order valence-corrected chi connectivity index (χ2v) is 6.01. The molecule has 1 unspecified atom stereocenters. The number of alkyl halides is 1. The van der Waals surface area contributed by atoms with Crippen molar-refractivity contribution in [3.05, 3.63) is 24.3 Å². The van der Waals surface area contributed by atoms with Gasteiger partial charge in [-0.1, -0.05) is 23.9 Å². The Morgan fingerprint density at radius 1 is 1.60 bits per heavy atom. The Labute approximate surface area is 101 Å². The predicted octanol–water partition coefficient (Wildman–Crippen LogP) is 2.82. The first kappa shape index (κ1) is 10.8. The lowest BCUT2D eigenvalue weighted by molar-refractivity contribution is -0.142. The van der Waals surface area contributed by atoms with E-state index in [9.17, 15) is 4.79 Å². The molecule has 1 N–H and O–H groups in total. The van der Waals surface area contributed by atoms with Crippen LogP contribution in [0.25, 0.3) is 0 Å². The SMILES string of the molecule is CCOC(=O)C1(Br)Nc2ccccc2S1. The summed E-state index contributed by atoms with van der Waals surface area (Å²) in [7, 11) is 0. The molecule has 0 aliphatic carbocycles. The third kappa shape index (κ3) is 1.99. The summed E-state index contributed by atoms with van der Waals surface area (Å²) in [6.07, 6.45) is 0. The summed E-state index contributed by atoms with van der Waals surface area (Å²) in [4.78, 5) is 12.7. The van der Waals surface area contributed by atoms with Gasteiger partial charge in [0.05, 0.1) is 12.3 Å². The minimum Gasteiger partial charge on any atom is -0.463 e. The van der Waals surface area contributed by atoms with Gasteiger partial charge in [-0.25, -0.2) is 4.79 Å². The van der Waals surface area contributed by atoms with E-state index in [2.05, 4.69) is 21.2 Å². The molecule has 0 amide bonds. The van der Waals surface area contributed by atoms with Crippen molar-refractivity contribution in [2.75, 3.05) is 11.9 Å². The number of ether oxygens (including phenoxy) is 1. The summed E-state index contributed by atoms with van der Waals surface area (Å²) in [6.45, 7) is 2.17. The Kier molecular flexibility index (Phi) is 2.93. The topological polar surface area (TPSA) is 38.3 Å². The van der Waals surface area contributed by atoms with Crippen molar-refractivity contribution in [2.24, 2.45) is 0 Å². The van der Waals surface area contributed by atoms with Gasteiger partial charge in [-0.3, -0.25) is 0 Å². The molecule has 0 fully saturated rings. The van der Waals surface area contributed by atoms with Gasteiger partial charge in [0.15, 0.2) is 0 Å². The van der Waals surface area contributed by atoms with Crippen LogP contribution in [0.1, 0.15) is 6.92 Å². The maximum atomic E-state index is 11.7. The molecule has 0 saturated heterocycles. The van der Waals surface area contributed by atoms with Gasteiger partial charge < -0.3 is 10.1 Å². The summed E-state index contributed by atoms with van der Waals surface area (Å²) in [5.74, 6) is -0.300. The zero-order chi connectivity index (χ0) is 10.9. The van der Waals surface area contributed by atoms with Crippen LogP contribution in [0, 0.1) is 0 Å². The number of carbonyl (C=O) groups is 1. The molecular weight excluding hydrogens is 278 g/mol. The number of benzene rings is 1. The zero-order valence-electron chi connectivity index (χ0n) is 8.12. The lowest BCUT2D eigenvalue weighted by Crippen LogP contribution is -2.35. The molecule has 3 nitrogen and oxygen atoms in total. The molecule has 0 bridgehead atoms. The van der Waals surface area contributed by atoms with Crippen LogP contribution in [0.15, 0.2) is 29.2 Å². The van der Waals surface area contributed by atoms with E-state index >= 15 is 0 Å². The number of carbonyl (C=O) groups excluding carboxylic acids is 1. The van der Waals surface area contributed by atoms with Crippen LogP contribution in [0.2, 0.25) is 0 Å². The fourth-order valence-corrected chi connectivity index (χ4v) is 3.16. The van der Waals surface area contributed by atoms with Crippen LogP contribution < -0.4 is 5.32 Å². The molecule has 1 aliphatic heterocycles. The minimum atomic E-state index is -0.868. The third-order valence-electron chi connectivity index (χ3n) is 1.97. The van der Waals surface area contributed by atoms with Gasteiger partial charge in [0.1, 0.15) is 0 Å². The fourth-order valence-electron chi connectivity index (χ4n) is 1.33. The number of para-hydroxylation sites is 1. The summed E-state index contributed by atoms with van der Waals surface area (Å²) in [6, 6.07) is 7.77. The van der Waals surface area contributed by atoms with Gasteiger partial charge in [0.25, 0.3) is 0 Å². The van der Waals surface area contributed by atoms with Crippen LogP contribution in [-0.2, 0) is 9.53 Å². The van der Waals surface area contributed by atoms with E-state index < -0.39 is 3.78 Å². The van der Waals surface area contributed by atoms with E-state index in [0.717, 1.165) is 10.6 Å². The maximum Gasteiger partial charge on any atom is 0.354 e. The number of thioether (sulfide) groups is 1. The number of nitrogens with one attached hydrogen (secondary N) is 1. The summed E-state index contributed by atoms with van der Waals surface area (Å²) < 4.78 is 4.12. The number of fused-ring (bicyclic) bond motifs is 1. The van der Waals surface area contributed by atoms with Crippen molar-refractivity contribution >= 4 is 39.3 Å². The first-order valence-electron chi connectivity index (χ1n) is 4.58. The molecule has 80 valence electrons. The van der Waals surface area contributed by atoms with Gasteiger partial charge in [-0.2, -0.15) is 0 Å². The molecule has 0 aromatic heterocycles. The Bertz CT molecular complexity index is 372. The quantitative estimate of drug-likeness (QED) is 0.516. The molecule has 0 spiro atoms. The first-order chi connectivity index (χ1) is 7.15. The lowest BCUT2D eigenvalue weighted by atomic mass is 10.3. The second kappa shape index (κ2) is 4.06. The van der Waals surface area contributed by atoms with Crippen molar-refractivity contribution in [1.29, 1.82) is 0 Å². The van der Waals surface area contributed by atoms with Gasteiger partial charge in [-0.15, -0.1) is 0 Å². The van der Waals surface area contributed by atoms with Crippen molar-refractivity contribution in [1.82, 2.24) is 0 Å². The van der Waals surface area contributed by atoms with E-state index in [1.807, 2.05) is 24.3 Å². The average molecular weight is 288 g/mol. The highest BCUT2D eigenvalue weighted by Gasteiger charge is 2.43. The number of rotatable bonds is 2. The molecule has 1 aliphatic rings. The molecule has 0 saturated carbocycles. The van der Waals surface area contributed by atoms with Crippen LogP contribution in [0.3, 0.4) is 0 Å². The maximum absolute atomic E-state index is 11.7. The first-order valence-corrected chi connectivity index (χ1v) is 6.19. The number of hydrogen-bond acceptors (Lipinski definition) is 4. The van der Waals surface area contributed by atoms with Gasteiger partial charge in [-0.05, 0) is 35.0 Å². The molecule has 1 heterocycles. The number of esters is 1. The van der Waals surface area contributed by atoms with E-state index in [1.165, 1.54) is 11.8 Å². The van der Waals surface area contributed by atoms with Crippen LogP contribution in [0.4, 0.5) is 5.69 Å². The predicted molar refractivity (Wildman–Crippen MR) is 64.2 cm³/mol. The van der Waals surface area contributed by atoms with Gasteiger partial charge in [0, 0.05) is 4.90 Å². The minimum absolute atomic E-state index is 0.300. The Morgan fingerprint density at radius 2 is 2.33 bits per heavy atom. The van der Waals surface area contributed by atoms with Crippen LogP contribution >= 0.6 is 27.7 Å². The summed E-state index contributed by atoms with van der Waals surface area (Å²) in [5.41, 5.74) is 0.951. The summed E-state index contributed by atoms with van der Waals surface area (Å²) >= 11 is 4.79. The molecule has 1 aromatic rings. The zero-order valence-corrected chi connectivity index (χ0v) is 10.5. The monoisotopic (exact) mass is 287 g/mol. The summed E-state index contributed by atoms with van der Waals surface area (Å²) in [5, 5.41) is 3.10. The Hall–Kier alpha value is -0.680. The van der Waals surface area contributed by atoms with Gasteiger partial charge >= 0.3 is 5.97 Å². The molecule has 1 atom stereocenters. The largest absolute Gasteiger partial charge is 0.463 e. The van der Waals surface area contributed by atoms with E-state index in [-0.39, 0.29) is 5.97 Å². The van der Waals surface area contributed by atoms with E-state index in [4.69, 9.17) is 4.74 Å². The number of hydrogen-bond donors (Lipinski definition) is 1. The normalized spacial score (nSPS) is 23.1. The highest BCUT2D eigenvalue weighted by molar-refractivity contribution is 9.12. The van der Waals surface area contributed by atoms with E-state index in [1.54, 1.807) is 6.92 Å². The highest BCUT2D eigenvalue weighted by Crippen LogP contribution is 2.49. The van der Waals surface area contributed by atoms with Crippen molar-refractivity contribution in [3.63, 3.8) is 0 Å². The number of halogens is 1. The second-order valence-electron chi connectivity index (χ2n) is 3.04. The standard InChI is InChI=1S/C10H10BrNO2S/c1-2-14-9(13)10(11)12-7-5-3-4-6-8(7)15-10/h3-6,12H,2H2,1H3. The molecule has 15 heavy (non-hydrogen) atoms. The Morgan fingerprint density at radius 3 is 3.00 bits per heavy atom. The van der Waals surface area contributed by atoms with Crippen LogP contribution in [-0.4, -0.2) is 16.4 Å². The van der Waals surface area contributed by atoms with Crippen molar-refractivity contribution < 1.29 is 9.53 Å². The Balaban J connectivity index is 2.21. The fraction of sp³-hybridized carbons (Fsp3) is 0.300.